The normalized spacial score (nSPS) is 12.6. The minimum Gasteiger partial charge on any atom is -0.263 e. The van der Waals surface area contributed by atoms with Gasteiger partial charge in [-0.1, -0.05) is 18.2 Å². The fourth-order valence-corrected chi connectivity index (χ4v) is 5.06. The van der Waals surface area contributed by atoms with Crippen molar-refractivity contribution in [1.82, 2.24) is 24.9 Å². The van der Waals surface area contributed by atoms with Gasteiger partial charge in [0, 0.05) is 28.8 Å². The zero-order valence-corrected chi connectivity index (χ0v) is 16.8. The van der Waals surface area contributed by atoms with Crippen molar-refractivity contribution < 1.29 is 21.6 Å². The number of nitrogens with one attached hydrogen (secondary N) is 2. The standard InChI is InChI=1S/C18H14F3N5O2S2/c19-18(20,21)15-10-14(11-4-1-2-6-13(11)24-15)29-9-8-23-30(27,28)17-12-5-3-7-22-16(12)25-26-17/h1-7,10,23H,8-9H2,(H,22,25,26). The molecule has 4 rings (SSSR count). The van der Waals surface area contributed by atoms with Crippen LogP contribution in [0.15, 0.2) is 58.6 Å². The van der Waals surface area contributed by atoms with Crippen LogP contribution in [0.25, 0.3) is 21.9 Å². The highest BCUT2D eigenvalue weighted by Gasteiger charge is 2.33. The Morgan fingerprint density at radius 1 is 1.10 bits per heavy atom. The number of aromatic amines is 1. The lowest BCUT2D eigenvalue weighted by molar-refractivity contribution is -0.141. The van der Waals surface area contributed by atoms with E-state index in [1.807, 2.05) is 0 Å². The number of fused-ring (bicyclic) bond motifs is 2. The zero-order chi connectivity index (χ0) is 21.4. The lowest BCUT2D eigenvalue weighted by Crippen LogP contribution is -2.26. The van der Waals surface area contributed by atoms with Crippen molar-refractivity contribution in [3.05, 3.63) is 54.4 Å². The zero-order valence-electron chi connectivity index (χ0n) is 15.1. The predicted octanol–water partition coefficient (Wildman–Crippen LogP) is 3.60. The molecule has 0 unspecified atom stereocenters. The van der Waals surface area contributed by atoms with Crippen LogP contribution in [0.5, 0.6) is 0 Å². The fourth-order valence-electron chi connectivity index (χ4n) is 2.85. The van der Waals surface area contributed by atoms with Gasteiger partial charge in [-0.3, -0.25) is 5.10 Å². The number of aromatic nitrogens is 4. The van der Waals surface area contributed by atoms with E-state index in [4.69, 9.17) is 0 Å². The number of para-hydroxylation sites is 1. The second-order valence-electron chi connectivity index (χ2n) is 6.19. The Balaban J connectivity index is 1.50. The van der Waals surface area contributed by atoms with E-state index >= 15 is 0 Å². The molecule has 0 spiro atoms. The van der Waals surface area contributed by atoms with Crippen LogP contribution in [0.2, 0.25) is 0 Å². The summed E-state index contributed by atoms with van der Waals surface area (Å²) >= 11 is 1.12. The van der Waals surface area contributed by atoms with E-state index < -0.39 is 21.9 Å². The van der Waals surface area contributed by atoms with Gasteiger partial charge in [0.15, 0.2) is 10.7 Å². The first-order valence-corrected chi connectivity index (χ1v) is 11.1. The molecule has 0 aliphatic rings. The minimum absolute atomic E-state index is 0.00573. The third kappa shape index (κ3) is 4.11. The molecule has 0 saturated carbocycles. The number of hydrogen-bond acceptors (Lipinski definition) is 6. The van der Waals surface area contributed by atoms with E-state index in [1.165, 1.54) is 12.3 Å². The quantitative estimate of drug-likeness (QED) is 0.342. The Hall–Kier alpha value is -2.70. The molecule has 0 atom stereocenters. The summed E-state index contributed by atoms with van der Waals surface area (Å²) in [5.74, 6) is 0.217. The second kappa shape index (κ2) is 7.85. The van der Waals surface area contributed by atoms with Crippen molar-refractivity contribution in [2.45, 2.75) is 16.1 Å². The van der Waals surface area contributed by atoms with E-state index in [-0.39, 0.29) is 28.5 Å². The number of nitrogens with zero attached hydrogens (tertiary/aromatic N) is 3. The minimum atomic E-state index is -4.57. The summed E-state index contributed by atoms with van der Waals surface area (Å²) in [6.07, 6.45) is -3.07. The van der Waals surface area contributed by atoms with Crippen LogP contribution in [0.1, 0.15) is 5.69 Å². The monoisotopic (exact) mass is 453 g/mol. The van der Waals surface area contributed by atoms with Crippen LogP contribution in [-0.2, 0) is 16.2 Å². The van der Waals surface area contributed by atoms with Crippen LogP contribution in [-0.4, -0.2) is 40.9 Å². The molecule has 0 fully saturated rings. The number of thioether (sulfide) groups is 1. The highest BCUT2D eigenvalue weighted by molar-refractivity contribution is 7.99. The maximum absolute atomic E-state index is 13.1. The van der Waals surface area contributed by atoms with Crippen LogP contribution in [0, 0.1) is 0 Å². The van der Waals surface area contributed by atoms with Crippen molar-refractivity contribution in [3.8, 4) is 0 Å². The summed E-state index contributed by atoms with van der Waals surface area (Å²) in [4.78, 5) is 8.02. The highest BCUT2D eigenvalue weighted by atomic mass is 32.2. The van der Waals surface area contributed by atoms with Gasteiger partial charge in [0.2, 0.25) is 0 Å². The topological polar surface area (TPSA) is 101 Å². The van der Waals surface area contributed by atoms with Gasteiger partial charge in [-0.2, -0.15) is 18.3 Å². The molecule has 0 radical (unpaired) electrons. The second-order valence-corrected chi connectivity index (χ2v) is 9.03. The van der Waals surface area contributed by atoms with Crippen LogP contribution in [0.3, 0.4) is 0 Å². The Morgan fingerprint density at radius 2 is 1.87 bits per heavy atom. The summed E-state index contributed by atoms with van der Waals surface area (Å²) in [5.41, 5.74) is -0.484. The number of benzene rings is 1. The van der Waals surface area contributed by atoms with Gasteiger partial charge in [-0.25, -0.2) is 23.1 Å². The van der Waals surface area contributed by atoms with Gasteiger partial charge in [-0.05, 0) is 24.3 Å². The molecule has 156 valence electrons. The molecular weight excluding hydrogens is 439 g/mol. The smallest absolute Gasteiger partial charge is 0.263 e. The lowest BCUT2D eigenvalue weighted by atomic mass is 10.2. The van der Waals surface area contributed by atoms with Gasteiger partial charge in [0.25, 0.3) is 10.0 Å². The average Bonchev–Trinajstić information content (AvgIpc) is 3.15. The third-order valence-corrected chi connectivity index (χ3v) is 6.67. The number of sulfonamides is 1. The molecule has 0 aliphatic heterocycles. The molecule has 1 aromatic carbocycles. The summed E-state index contributed by atoms with van der Waals surface area (Å²) in [7, 11) is -3.89. The summed E-state index contributed by atoms with van der Waals surface area (Å²) in [6.45, 7) is 0.00573. The van der Waals surface area contributed by atoms with E-state index in [0.717, 1.165) is 17.8 Å². The number of halogens is 3. The maximum Gasteiger partial charge on any atom is 0.433 e. The number of hydrogen-bond donors (Lipinski definition) is 2. The van der Waals surface area contributed by atoms with Gasteiger partial charge < -0.3 is 0 Å². The summed E-state index contributed by atoms with van der Waals surface area (Å²) in [5, 5.41) is 7.13. The number of H-pyrrole nitrogens is 1. The Bertz CT molecular complexity index is 1320. The predicted molar refractivity (Wildman–Crippen MR) is 107 cm³/mol. The Morgan fingerprint density at radius 3 is 2.67 bits per heavy atom. The van der Waals surface area contributed by atoms with Gasteiger partial charge >= 0.3 is 6.18 Å². The largest absolute Gasteiger partial charge is 0.433 e. The molecule has 0 bridgehead atoms. The van der Waals surface area contributed by atoms with E-state index in [1.54, 1.807) is 30.3 Å². The van der Waals surface area contributed by atoms with Crippen LogP contribution >= 0.6 is 11.8 Å². The van der Waals surface area contributed by atoms with Crippen molar-refractivity contribution >= 4 is 43.7 Å². The third-order valence-electron chi connectivity index (χ3n) is 4.18. The molecule has 4 aromatic rings. The molecule has 0 saturated heterocycles. The molecule has 30 heavy (non-hydrogen) atoms. The van der Waals surface area contributed by atoms with Crippen molar-refractivity contribution in [1.29, 1.82) is 0 Å². The van der Waals surface area contributed by atoms with Gasteiger partial charge in [-0.15, -0.1) is 11.8 Å². The van der Waals surface area contributed by atoms with E-state index in [9.17, 15) is 21.6 Å². The Kier molecular flexibility index (Phi) is 5.38. The fraction of sp³-hybridized carbons (Fsp3) is 0.167. The lowest BCUT2D eigenvalue weighted by Gasteiger charge is -2.11. The van der Waals surface area contributed by atoms with Crippen molar-refractivity contribution in [2.75, 3.05) is 12.3 Å². The first kappa shape index (κ1) is 20.6. The molecule has 12 heteroatoms. The van der Waals surface area contributed by atoms with Crippen LogP contribution < -0.4 is 4.72 Å². The van der Waals surface area contributed by atoms with Crippen LogP contribution in [0.4, 0.5) is 13.2 Å². The molecule has 3 heterocycles. The van der Waals surface area contributed by atoms with E-state index in [0.29, 0.717) is 15.7 Å². The first-order valence-electron chi connectivity index (χ1n) is 8.64. The molecule has 0 aliphatic carbocycles. The van der Waals surface area contributed by atoms with E-state index in [2.05, 4.69) is 24.9 Å². The number of alkyl halides is 3. The average molecular weight is 453 g/mol. The molecule has 0 amide bonds. The van der Waals surface area contributed by atoms with Crippen molar-refractivity contribution in [3.63, 3.8) is 0 Å². The Labute approximate surface area is 173 Å². The van der Waals surface area contributed by atoms with Gasteiger partial charge in [0.05, 0.1) is 10.9 Å². The maximum atomic E-state index is 13.1. The number of rotatable bonds is 6. The SMILES string of the molecule is O=S(=O)(NCCSc1cc(C(F)(F)F)nc2ccccc12)c1[nH]nc2ncccc12. The first-order chi connectivity index (χ1) is 14.3. The highest BCUT2D eigenvalue weighted by Crippen LogP contribution is 2.34. The summed E-state index contributed by atoms with van der Waals surface area (Å²) < 4.78 is 66.9. The van der Waals surface area contributed by atoms with Crippen molar-refractivity contribution in [2.24, 2.45) is 0 Å². The molecular formula is C18H14F3N5O2S2. The summed E-state index contributed by atoms with van der Waals surface area (Å²) in [6, 6.07) is 10.7. The number of pyridine rings is 2. The molecule has 2 N–H and O–H groups in total. The molecule has 7 nitrogen and oxygen atoms in total. The molecule has 3 aromatic heterocycles. The van der Waals surface area contributed by atoms with Gasteiger partial charge in [0.1, 0.15) is 5.69 Å².